The van der Waals surface area contributed by atoms with Gasteiger partial charge in [0.2, 0.25) is 0 Å². The number of carbonyl (C=O) groups excluding carboxylic acids is 1. The van der Waals surface area contributed by atoms with Crippen LogP contribution in [0.2, 0.25) is 10.0 Å². The molecule has 5 nitrogen and oxygen atoms in total. The first-order chi connectivity index (χ1) is 13.9. The molecule has 1 heterocycles. The van der Waals surface area contributed by atoms with E-state index in [1.54, 1.807) is 24.3 Å². The third-order valence-corrected chi connectivity index (χ3v) is 5.26. The van der Waals surface area contributed by atoms with Gasteiger partial charge in [-0.3, -0.25) is 4.79 Å². The van der Waals surface area contributed by atoms with E-state index in [0.29, 0.717) is 27.1 Å². The highest BCUT2D eigenvalue weighted by Gasteiger charge is 2.11. The lowest BCUT2D eigenvalue weighted by Crippen LogP contribution is -2.25. The Hall–Kier alpha value is -2.76. The van der Waals surface area contributed by atoms with E-state index < -0.39 is 0 Å². The Bertz CT molecular complexity index is 1070. The first-order valence-electron chi connectivity index (χ1n) is 8.92. The molecular weight excluding hydrogens is 411 g/mol. The molecule has 1 aromatic heterocycles. The average Bonchev–Trinajstić information content (AvgIpc) is 3.15. The molecule has 0 bridgehead atoms. The maximum atomic E-state index is 12.0. The maximum absolute atomic E-state index is 12.0. The fourth-order valence-electron chi connectivity index (χ4n) is 2.75. The van der Waals surface area contributed by atoms with Crippen molar-refractivity contribution in [3.8, 4) is 17.1 Å². The zero-order valence-corrected chi connectivity index (χ0v) is 17.8. The van der Waals surface area contributed by atoms with Crippen LogP contribution in [0.3, 0.4) is 0 Å². The van der Waals surface area contributed by atoms with Crippen molar-refractivity contribution in [2.75, 3.05) is 6.61 Å². The standard InChI is InChI=1S/C22H20Cl2N2O3/c1-13-7-8-14(2)22(15(13)3)28-12-20(27)26-25-11-16-9-10-19(29-16)17-5-4-6-18(23)21(17)24/h4-11H,12H2,1-3H3,(H,26,27). The summed E-state index contributed by atoms with van der Waals surface area (Å²) in [5.41, 5.74) is 6.21. The van der Waals surface area contributed by atoms with Crippen molar-refractivity contribution in [2.45, 2.75) is 20.8 Å². The highest BCUT2D eigenvalue weighted by Crippen LogP contribution is 2.34. The van der Waals surface area contributed by atoms with Crippen LogP contribution in [0.25, 0.3) is 11.3 Å². The molecule has 3 rings (SSSR count). The third-order valence-electron chi connectivity index (χ3n) is 4.45. The Morgan fingerprint density at radius 3 is 2.66 bits per heavy atom. The van der Waals surface area contributed by atoms with E-state index in [2.05, 4.69) is 10.5 Å². The normalized spacial score (nSPS) is 11.1. The van der Waals surface area contributed by atoms with E-state index in [1.807, 2.05) is 39.0 Å². The van der Waals surface area contributed by atoms with E-state index >= 15 is 0 Å². The summed E-state index contributed by atoms with van der Waals surface area (Å²) in [5.74, 6) is 1.37. The van der Waals surface area contributed by atoms with Gasteiger partial charge in [0, 0.05) is 5.56 Å². The Morgan fingerprint density at radius 2 is 1.86 bits per heavy atom. The van der Waals surface area contributed by atoms with Gasteiger partial charge in [0.05, 0.1) is 16.3 Å². The number of aryl methyl sites for hydroxylation is 2. The summed E-state index contributed by atoms with van der Waals surface area (Å²) in [5, 5.41) is 4.77. The molecule has 0 unspecified atom stereocenters. The average molecular weight is 431 g/mol. The Labute approximate surface area is 179 Å². The minimum atomic E-state index is -0.369. The van der Waals surface area contributed by atoms with Gasteiger partial charge in [-0.15, -0.1) is 0 Å². The van der Waals surface area contributed by atoms with E-state index in [4.69, 9.17) is 32.4 Å². The van der Waals surface area contributed by atoms with Crippen molar-refractivity contribution in [1.82, 2.24) is 5.43 Å². The molecule has 0 atom stereocenters. The molecule has 0 aliphatic carbocycles. The van der Waals surface area contributed by atoms with Crippen LogP contribution in [-0.4, -0.2) is 18.7 Å². The van der Waals surface area contributed by atoms with Gasteiger partial charge in [-0.05, 0) is 61.7 Å². The lowest BCUT2D eigenvalue weighted by Gasteiger charge is -2.13. The van der Waals surface area contributed by atoms with Crippen molar-refractivity contribution in [2.24, 2.45) is 5.10 Å². The number of nitrogens with one attached hydrogen (secondary N) is 1. The number of furan rings is 1. The number of ether oxygens (including phenoxy) is 1. The molecule has 0 saturated carbocycles. The van der Waals surface area contributed by atoms with E-state index in [1.165, 1.54) is 6.21 Å². The molecule has 0 radical (unpaired) electrons. The van der Waals surface area contributed by atoms with Crippen LogP contribution in [-0.2, 0) is 4.79 Å². The lowest BCUT2D eigenvalue weighted by molar-refractivity contribution is -0.123. The number of benzene rings is 2. The number of carbonyl (C=O) groups is 1. The third kappa shape index (κ3) is 5.00. The van der Waals surface area contributed by atoms with Gasteiger partial charge in [-0.25, -0.2) is 5.43 Å². The van der Waals surface area contributed by atoms with E-state index in [0.717, 1.165) is 22.4 Å². The maximum Gasteiger partial charge on any atom is 0.277 e. The lowest BCUT2D eigenvalue weighted by atomic mass is 10.1. The van der Waals surface area contributed by atoms with Crippen LogP contribution in [0.4, 0.5) is 0 Å². The number of halogens is 2. The predicted octanol–water partition coefficient (Wildman–Crippen LogP) is 5.71. The fraction of sp³-hybridized carbons (Fsp3) is 0.182. The van der Waals surface area contributed by atoms with Gasteiger partial charge >= 0.3 is 0 Å². The molecular formula is C22H20Cl2N2O3. The Kier molecular flexibility index (Phi) is 6.62. The Morgan fingerprint density at radius 1 is 1.10 bits per heavy atom. The van der Waals surface area contributed by atoms with Crippen molar-refractivity contribution >= 4 is 35.3 Å². The van der Waals surface area contributed by atoms with Crippen molar-refractivity contribution in [3.05, 3.63) is 75.0 Å². The number of rotatable bonds is 6. The summed E-state index contributed by atoms with van der Waals surface area (Å²) >= 11 is 12.2. The number of hydrogen-bond donors (Lipinski definition) is 1. The summed E-state index contributed by atoms with van der Waals surface area (Å²) in [6.45, 7) is 5.77. The fourth-order valence-corrected chi connectivity index (χ4v) is 3.14. The minimum absolute atomic E-state index is 0.135. The zero-order chi connectivity index (χ0) is 21.0. The second-order valence-electron chi connectivity index (χ2n) is 6.54. The molecule has 2 aromatic carbocycles. The second-order valence-corrected chi connectivity index (χ2v) is 7.32. The largest absolute Gasteiger partial charge is 0.483 e. The number of amides is 1. The van der Waals surface area contributed by atoms with E-state index in [9.17, 15) is 4.79 Å². The minimum Gasteiger partial charge on any atom is -0.483 e. The van der Waals surface area contributed by atoms with Crippen molar-refractivity contribution in [1.29, 1.82) is 0 Å². The number of nitrogens with zero attached hydrogens (tertiary/aromatic N) is 1. The highest BCUT2D eigenvalue weighted by molar-refractivity contribution is 6.43. The quantitative estimate of drug-likeness (QED) is 0.402. The molecule has 1 amide bonds. The van der Waals surface area contributed by atoms with Gasteiger partial charge in [0.1, 0.15) is 17.3 Å². The molecule has 1 N–H and O–H groups in total. The number of hydrazone groups is 1. The van der Waals surface area contributed by atoms with Crippen LogP contribution in [0.5, 0.6) is 5.75 Å². The van der Waals surface area contributed by atoms with Gasteiger partial charge in [0.25, 0.3) is 5.91 Å². The molecule has 7 heteroatoms. The van der Waals surface area contributed by atoms with Crippen LogP contribution in [0, 0.1) is 20.8 Å². The van der Waals surface area contributed by atoms with Crippen molar-refractivity contribution in [3.63, 3.8) is 0 Å². The monoisotopic (exact) mass is 430 g/mol. The molecule has 0 saturated heterocycles. The summed E-state index contributed by atoms with van der Waals surface area (Å²) in [7, 11) is 0. The van der Waals surface area contributed by atoms with Crippen LogP contribution in [0.15, 0.2) is 52.0 Å². The van der Waals surface area contributed by atoms with Crippen LogP contribution < -0.4 is 10.2 Å². The molecule has 0 spiro atoms. The van der Waals surface area contributed by atoms with Crippen LogP contribution >= 0.6 is 23.2 Å². The van der Waals surface area contributed by atoms with Gasteiger partial charge < -0.3 is 9.15 Å². The first kappa shape index (κ1) is 21.0. The molecule has 0 aliphatic heterocycles. The van der Waals surface area contributed by atoms with Crippen molar-refractivity contribution < 1.29 is 13.9 Å². The van der Waals surface area contributed by atoms with Gasteiger partial charge in [-0.1, -0.05) is 41.4 Å². The summed E-state index contributed by atoms with van der Waals surface area (Å²) in [4.78, 5) is 12.0. The van der Waals surface area contributed by atoms with Crippen LogP contribution in [0.1, 0.15) is 22.5 Å². The summed E-state index contributed by atoms with van der Waals surface area (Å²) in [6, 6.07) is 12.8. The zero-order valence-electron chi connectivity index (χ0n) is 16.3. The first-order valence-corrected chi connectivity index (χ1v) is 9.68. The van der Waals surface area contributed by atoms with E-state index in [-0.39, 0.29) is 12.5 Å². The summed E-state index contributed by atoms with van der Waals surface area (Å²) < 4.78 is 11.3. The highest BCUT2D eigenvalue weighted by atomic mass is 35.5. The molecule has 150 valence electrons. The SMILES string of the molecule is Cc1ccc(C)c(OCC(=O)NN=Cc2ccc(-c3cccc(Cl)c3Cl)o2)c1C. The topological polar surface area (TPSA) is 63.8 Å². The van der Waals surface area contributed by atoms with Gasteiger partial charge in [0.15, 0.2) is 6.61 Å². The second kappa shape index (κ2) is 9.16. The predicted molar refractivity (Wildman–Crippen MR) is 116 cm³/mol. The summed E-state index contributed by atoms with van der Waals surface area (Å²) in [6.07, 6.45) is 1.41. The molecule has 29 heavy (non-hydrogen) atoms. The Balaban J connectivity index is 1.58. The molecule has 0 fully saturated rings. The molecule has 3 aromatic rings. The number of hydrogen-bond acceptors (Lipinski definition) is 4. The smallest absolute Gasteiger partial charge is 0.277 e. The molecule has 0 aliphatic rings. The van der Waals surface area contributed by atoms with Gasteiger partial charge in [-0.2, -0.15) is 5.10 Å².